The van der Waals surface area contributed by atoms with Crippen molar-refractivity contribution in [2.45, 2.75) is 23.6 Å². The average molecular weight is 316 g/mol. The maximum Gasteiger partial charge on any atom is 0.211 e. The first kappa shape index (κ1) is 14.6. The molecule has 2 heterocycles. The molecule has 0 aliphatic heterocycles. The van der Waals surface area contributed by atoms with Gasteiger partial charge in [0.2, 0.25) is 9.84 Å². The van der Waals surface area contributed by atoms with Crippen molar-refractivity contribution in [1.29, 1.82) is 0 Å². The summed E-state index contributed by atoms with van der Waals surface area (Å²) in [5, 5.41) is 0.539. The third-order valence-electron chi connectivity index (χ3n) is 3.53. The maximum absolute atomic E-state index is 13.0. The van der Waals surface area contributed by atoms with Crippen molar-refractivity contribution in [2.24, 2.45) is 0 Å². The largest absolute Gasteiger partial charge is 0.494 e. The minimum atomic E-state index is -3.70. The van der Waals surface area contributed by atoms with Crippen molar-refractivity contribution in [3.8, 4) is 5.75 Å². The van der Waals surface area contributed by atoms with Crippen molar-refractivity contribution in [3.05, 3.63) is 47.8 Å². The number of aromatic amines is 1. The van der Waals surface area contributed by atoms with E-state index in [2.05, 4.69) is 9.97 Å². The lowest BCUT2D eigenvalue weighted by Crippen LogP contribution is -2.05. The van der Waals surface area contributed by atoms with Gasteiger partial charge in [0.1, 0.15) is 10.5 Å². The van der Waals surface area contributed by atoms with Crippen LogP contribution in [0.25, 0.3) is 11.0 Å². The molecule has 3 rings (SSSR count). The Morgan fingerprint density at radius 3 is 2.45 bits per heavy atom. The lowest BCUT2D eigenvalue weighted by atomic mass is 10.2. The summed E-state index contributed by atoms with van der Waals surface area (Å²) in [6, 6.07) is 8.54. The molecular weight excluding hydrogens is 300 g/mol. The van der Waals surface area contributed by atoms with Gasteiger partial charge in [0, 0.05) is 11.1 Å². The molecule has 0 amide bonds. The van der Waals surface area contributed by atoms with Gasteiger partial charge in [-0.1, -0.05) is 17.7 Å². The molecule has 0 aliphatic carbocycles. The summed E-state index contributed by atoms with van der Waals surface area (Å²) in [6.45, 7) is 3.77. The number of rotatable bonds is 3. The van der Waals surface area contributed by atoms with Crippen LogP contribution in [0, 0.1) is 13.8 Å². The second-order valence-electron chi connectivity index (χ2n) is 5.19. The van der Waals surface area contributed by atoms with E-state index in [4.69, 9.17) is 4.74 Å². The average Bonchev–Trinajstić information content (AvgIpc) is 2.86. The molecule has 6 heteroatoms. The van der Waals surface area contributed by atoms with E-state index < -0.39 is 9.84 Å². The van der Waals surface area contributed by atoms with Gasteiger partial charge < -0.3 is 9.72 Å². The topological polar surface area (TPSA) is 72.0 Å². The zero-order chi connectivity index (χ0) is 15.9. The number of fused-ring (bicyclic) bond motifs is 1. The normalized spacial score (nSPS) is 11.8. The number of hydrogen-bond acceptors (Lipinski definition) is 4. The third kappa shape index (κ3) is 2.25. The fraction of sp³-hybridized carbons (Fsp3) is 0.188. The highest BCUT2D eigenvalue weighted by atomic mass is 32.2. The Morgan fingerprint density at radius 2 is 1.82 bits per heavy atom. The lowest BCUT2D eigenvalue weighted by molar-refractivity contribution is 0.402. The minimum Gasteiger partial charge on any atom is -0.494 e. The number of methoxy groups -OCH3 is 1. The van der Waals surface area contributed by atoms with Crippen LogP contribution in [0.3, 0.4) is 0 Å². The van der Waals surface area contributed by atoms with Gasteiger partial charge in [-0.3, -0.25) is 0 Å². The summed E-state index contributed by atoms with van der Waals surface area (Å²) in [7, 11) is -2.26. The third-order valence-corrected chi connectivity index (χ3v) is 5.38. The fourth-order valence-corrected chi connectivity index (χ4v) is 4.00. The molecule has 0 saturated carbocycles. The highest BCUT2D eigenvalue weighted by Gasteiger charge is 2.26. The van der Waals surface area contributed by atoms with Crippen LogP contribution in [0.4, 0.5) is 0 Å². The number of aryl methyl sites for hydroxylation is 2. The number of benzene rings is 1. The van der Waals surface area contributed by atoms with Gasteiger partial charge in [-0.25, -0.2) is 13.4 Å². The number of pyridine rings is 1. The van der Waals surface area contributed by atoms with Gasteiger partial charge >= 0.3 is 0 Å². The van der Waals surface area contributed by atoms with Crippen LogP contribution in [0.1, 0.15) is 11.3 Å². The summed E-state index contributed by atoms with van der Waals surface area (Å²) in [5.74, 6) is 0.243. The molecule has 0 radical (unpaired) electrons. The van der Waals surface area contributed by atoms with E-state index in [1.165, 1.54) is 13.3 Å². The van der Waals surface area contributed by atoms with Crippen LogP contribution >= 0.6 is 0 Å². The predicted molar refractivity (Wildman–Crippen MR) is 84.0 cm³/mol. The Hall–Kier alpha value is -2.34. The quantitative estimate of drug-likeness (QED) is 0.806. The zero-order valence-corrected chi connectivity index (χ0v) is 13.4. The molecule has 0 saturated heterocycles. The molecule has 22 heavy (non-hydrogen) atoms. The smallest absolute Gasteiger partial charge is 0.211 e. The first-order chi connectivity index (χ1) is 10.4. The number of nitrogens with zero attached hydrogens (tertiary/aromatic N) is 1. The van der Waals surface area contributed by atoms with E-state index in [9.17, 15) is 8.42 Å². The second kappa shape index (κ2) is 5.14. The number of nitrogens with one attached hydrogen (secondary N) is 1. The molecule has 0 atom stereocenters. The molecule has 1 aromatic carbocycles. The van der Waals surface area contributed by atoms with Gasteiger partial charge in [0.05, 0.1) is 18.2 Å². The molecular formula is C16H16N2O3S. The van der Waals surface area contributed by atoms with E-state index in [1.807, 2.05) is 13.8 Å². The standard InChI is InChI=1S/C16H16N2O3S/c1-10-4-6-12(7-5-10)22(19,20)15-13-8-11(2)18-16(13)17-9-14(15)21-3/h4-9H,1-3H3,(H,17,18). The number of H-pyrrole nitrogens is 1. The van der Waals surface area contributed by atoms with E-state index in [-0.39, 0.29) is 15.5 Å². The second-order valence-corrected chi connectivity index (χ2v) is 7.07. The predicted octanol–water partition coefficient (Wildman–Crippen LogP) is 3.02. The van der Waals surface area contributed by atoms with Crippen molar-refractivity contribution >= 4 is 20.9 Å². The monoisotopic (exact) mass is 316 g/mol. The summed E-state index contributed by atoms with van der Waals surface area (Å²) in [5.41, 5.74) is 2.38. The molecule has 0 aliphatic rings. The van der Waals surface area contributed by atoms with E-state index >= 15 is 0 Å². The Bertz CT molecular complexity index is 941. The Morgan fingerprint density at radius 1 is 1.14 bits per heavy atom. The van der Waals surface area contributed by atoms with Crippen LogP contribution in [-0.4, -0.2) is 25.5 Å². The van der Waals surface area contributed by atoms with Crippen LogP contribution in [-0.2, 0) is 9.84 Å². The van der Waals surface area contributed by atoms with Crippen LogP contribution < -0.4 is 4.74 Å². The highest BCUT2D eigenvalue weighted by molar-refractivity contribution is 7.91. The summed E-state index contributed by atoms with van der Waals surface area (Å²) >= 11 is 0. The molecule has 114 valence electrons. The fourth-order valence-electron chi connectivity index (χ4n) is 2.42. The first-order valence-corrected chi connectivity index (χ1v) is 8.26. The van der Waals surface area contributed by atoms with Gasteiger partial charge in [-0.15, -0.1) is 0 Å². The van der Waals surface area contributed by atoms with Crippen molar-refractivity contribution in [3.63, 3.8) is 0 Å². The molecule has 0 fully saturated rings. The summed E-state index contributed by atoms with van der Waals surface area (Å²) < 4.78 is 31.3. The van der Waals surface area contributed by atoms with Gasteiger partial charge in [0.25, 0.3) is 0 Å². The van der Waals surface area contributed by atoms with Crippen LogP contribution in [0.15, 0.2) is 46.3 Å². The number of sulfone groups is 1. The van der Waals surface area contributed by atoms with E-state index in [0.717, 1.165) is 11.3 Å². The molecule has 5 nitrogen and oxygen atoms in total. The SMILES string of the molecule is COc1cnc2[nH]c(C)cc2c1S(=O)(=O)c1ccc(C)cc1. The number of ether oxygens (including phenoxy) is 1. The van der Waals surface area contributed by atoms with Gasteiger partial charge in [-0.05, 0) is 32.0 Å². The Balaban J connectivity index is 2.34. The Labute approximate surface area is 128 Å². The van der Waals surface area contributed by atoms with Gasteiger partial charge in [-0.2, -0.15) is 0 Å². The molecule has 2 aromatic heterocycles. The first-order valence-electron chi connectivity index (χ1n) is 6.77. The molecule has 1 N–H and O–H groups in total. The van der Waals surface area contributed by atoms with Crippen LogP contribution in [0.5, 0.6) is 5.75 Å². The van der Waals surface area contributed by atoms with Gasteiger partial charge in [0.15, 0.2) is 5.75 Å². The van der Waals surface area contributed by atoms with Crippen molar-refractivity contribution < 1.29 is 13.2 Å². The minimum absolute atomic E-state index is 0.146. The lowest BCUT2D eigenvalue weighted by Gasteiger charge is -2.10. The Kier molecular flexibility index (Phi) is 3.41. The van der Waals surface area contributed by atoms with E-state index in [0.29, 0.717) is 11.0 Å². The highest BCUT2D eigenvalue weighted by Crippen LogP contribution is 2.35. The van der Waals surface area contributed by atoms with Crippen molar-refractivity contribution in [2.75, 3.05) is 7.11 Å². The number of hydrogen-bond donors (Lipinski definition) is 1. The van der Waals surface area contributed by atoms with E-state index in [1.54, 1.807) is 30.3 Å². The summed E-state index contributed by atoms with van der Waals surface area (Å²) in [4.78, 5) is 7.65. The molecule has 3 aromatic rings. The maximum atomic E-state index is 13.0. The summed E-state index contributed by atoms with van der Waals surface area (Å²) in [6.07, 6.45) is 1.43. The molecule has 0 unspecified atom stereocenters. The van der Waals surface area contributed by atoms with Crippen molar-refractivity contribution in [1.82, 2.24) is 9.97 Å². The molecule has 0 spiro atoms. The molecule has 0 bridgehead atoms. The zero-order valence-electron chi connectivity index (χ0n) is 12.5. The van der Waals surface area contributed by atoms with Crippen LogP contribution in [0.2, 0.25) is 0 Å². The number of aromatic nitrogens is 2.